The van der Waals surface area contributed by atoms with Crippen LogP contribution in [-0.4, -0.2) is 24.8 Å². The molecule has 0 fully saturated rings. The normalized spacial score (nSPS) is 10.1. The van der Waals surface area contributed by atoms with Crippen molar-refractivity contribution in [2.75, 3.05) is 13.7 Å². The van der Waals surface area contributed by atoms with Crippen molar-refractivity contribution in [3.63, 3.8) is 0 Å². The second-order valence-electron chi connectivity index (χ2n) is 3.51. The van der Waals surface area contributed by atoms with Crippen LogP contribution in [0.1, 0.15) is 18.9 Å². The molecular formula is C12H15FO4. The van der Waals surface area contributed by atoms with Gasteiger partial charge in [0, 0.05) is 11.6 Å². The molecule has 1 rings (SSSR count). The Hall–Kier alpha value is -1.78. The minimum Gasteiger partial charge on any atom is -0.504 e. The Balaban J connectivity index is 2.80. The van der Waals surface area contributed by atoms with E-state index in [1.807, 2.05) is 6.92 Å². The van der Waals surface area contributed by atoms with E-state index < -0.39 is 11.8 Å². The maximum Gasteiger partial charge on any atom is 0.310 e. The molecule has 5 heteroatoms. The molecule has 0 atom stereocenters. The first-order valence-corrected chi connectivity index (χ1v) is 5.29. The molecule has 1 N–H and O–H groups in total. The van der Waals surface area contributed by atoms with Gasteiger partial charge in [0.05, 0.1) is 20.1 Å². The third-order valence-electron chi connectivity index (χ3n) is 2.15. The summed E-state index contributed by atoms with van der Waals surface area (Å²) in [5.41, 5.74) is 0.140. The molecule has 0 heterocycles. The van der Waals surface area contributed by atoms with Gasteiger partial charge in [0.15, 0.2) is 11.5 Å². The molecule has 17 heavy (non-hydrogen) atoms. The lowest BCUT2D eigenvalue weighted by molar-refractivity contribution is -0.142. The Morgan fingerprint density at radius 1 is 1.47 bits per heavy atom. The number of ether oxygens (including phenoxy) is 2. The van der Waals surface area contributed by atoms with E-state index in [-0.39, 0.29) is 23.5 Å². The van der Waals surface area contributed by atoms with Crippen LogP contribution < -0.4 is 4.74 Å². The van der Waals surface area contributed by atoms with Gasteiger partial charge in [0.1, 0.15) is 5.82 Å². The fraction of sp³-hybridized carbons (Fsp3) is 0.417. The molecule has 0 saturated heterocycles. The number of phenolic OH excluding ortho intramolecular Hbond substituents is 1. The van der Waals surface area contributed by atoms with Crippen LogP contribution in [-0.2, 0) is 16.0 Å². The summed E-state index contributed by atoms with van der Waals surface area (Å²) in [6, 6.07) is 2.21. The standard InChI is InChI=1S/C12H15FO4/c1-3-4-17-12(15)6-8-5-11(16-2)10(14)7-9(8)13/h5,7,14H,3-4,6H2,1-2H3. The predicted octanol–water partition coefficient (Wildman–Crippen LogP) is 2.04. The van der Waals surface area contributed by atoms with Crippen LogP contribution in [0.3, 0.4) is 0 Å². The zero-order chi connectivity index (χ0) is 12.8. The van der Waals surface area contributed by atoms with Crippen molar-refractivity contribution >= 4 is 5.97 Å². The van der Waals surface area contributed by atoms with Crippen molar-refractivity contribution in [3.8, 4) is 11.5 Å². The first-order valence-electron chi connectivity index (χ1n) is 5.29. The fourth-order valence-corrected chi connectivity index (χ4v) is 1.31. The summed E-state index contributed by atoms with van der Waals surface area (Å²) in [6.45, 7) is 2.19. The highest BCUT2D eigenvalue weighted by molar-refractivity contribution is 5.73. The van der Waals surface area contributed by atoms with E-state index in [1.165, 1.54) is 13.2 Å². The van der Waals surface area contributed by atoms with Crippen molar-refractivity contribution < 1.29 is 23.8 Å². The van der Waals surface area contributed by atoms with Crippen LogP contribution in [0.2, 0.25) is 0 Å². The summed E-state index contributed by atoms with van der Waals surface area (Å²) >= 11 is 0. The molecule has 0 aromatic heterocycles. The van der Waals surface area contributed by atoms with Gasteiger partial charge in [-0.05, 0) is 12.5 Å². The van der Waals surface area contributed by atoms with Gasteiger partial charge in [-0.25, -0.2) is 4.39 Å². The Labute approximate surface area is 99.0 Å². The Kier molecular flexibility index (Phi) is 4.75. The topological polar surface area (TPSA) is 55.8 Å². The number of esters is 1. The smallest absolute Gasteiger partial charge is 0.310 e. The van der Waals surface area contributed by atoms with E-state index >= 15 is 0 Å². The number of hydrogen-bond acceptors (Lipinski definition) is 4. The molecule has 1 aromatic carbocycles. The first kappa shape index (κ1) is 13.3. The first-order chi connectivity index (χ1) is 8.08. The van der Waals surface area contributed by atoms with Gasteiger partial charge in [0.2, 0.25) is 0 Å². The van der Waals surface area contributed by atoms with Crippen LogP contribution >= 0.6 is 0 Å². The van der Waals surface area contributed by atoms with Gasteiger partial charge in [-0.2, -0.15) is 0 Å². The second kappa shape index (κ2) is 6.08. The van der Waals surface area contributed by atoms with Crippen molar-refractivity contribution in [1.29, 1.82) is 0 Å². The molecule has 94 valence electrons. The summed E-state index contributed by atoms with van der Waals surface area (Å²) in [5.74, 6) is -1.32. The van der Waals surface area contributed by atoms with Crippen LogP contribution in [0.15, 0.2) is 12.1 Å². The average Bonchev–Trinajstić information content (AvgIpc) is 2.30. The number of carbonyl (C=O) groups is 1. The quantitative estimate of drug-likeness (QED) is 0.803. The average molecular weight is 242 g/mol. The van der Waals surface area contributed by atoms with Gasteiger partial charge >= 0.3 is 5.97 Å². The second-order valence-corrected chi connectivity index (χ2v) is 3.51. The fourth-order valence-electron chi connectivity index (χ4n) is 1.31. The molecule has 0 bridgehead atoms. The van der Waals surface area contributed by atoms with Crippen molar-refractivity contribution in [2.24, 2.45) is 0 Å². The van der Waals surface area contributed by atoms with Crippen LogP contribution in [0.5, 0.6) is 11.5 Å². The molecule has 0 aliphatic rings. The summed E-state index contributed by atoms with van der Waals surface area (Å²) in [7, 11) is 1.35. The third kappa shape index (κ3) is 3.62. The highest BCUT2D eigenvalue weighted by Crippen LogP contribution is 2.28. The third-order valence-corrected chi connectivity index (χ3v) is 2.15. The van der Waals surface area contributed by atoms with E-state index in [1.54, 1.807) is 0 Å². The number of carbonyl (C=O) groups excluding carboxylic acids is 1. The summed E-state index contributed by atoms with van der Waals surface area (Å²) in [6.07, 6.45) is 0.537. The number of methoxy groups -OCH3 is 1. The molecule has 0 radical (unpaired) electrons. The maximum atomic E-state index is 13.4. The Morgan fingerprint density at radius 3 is 2.76 bits per heavy atom. The summed E-state index contributed by atoms with van der Waals surface area (Å²) in [5, 5.41) is 9.31. The van der Waals surface area contributed by atoms with E-state index in [2.05, 4.69) is 0 Å². The van der Waals surface area contributed by atoms with Crippen LogP contribution in [0, 0.1) is 5.82 Å². The molecule has 4 nitrogen and oxygen atoms in total. The highest BCUT2D eigenvalue weighted by atomic mass is 19.1. The molecule has 0 unspecified atom stereocenters. The van der Waals surface area contributed by atoms with E-state index in [4.69, 9.17) is 9.47 Å². The zero-order valence-electron chi connectivity index (χ0n) is 9.83. The molecule has 1 aromatic rings. The van der Waals surface area contributed by atoms with Crippen molar-refractivity contribution in [3.05, 3.63) is 23.5 Å². The molecule has 0 aliphatic carbocycles. The minimum atomic E-state index is -0.656. The number of phenols is 1. The van der Waals surface area contributed by atoms with Crippen molar-refractivity contribution in [1.82, 2.24) is 0 Å². The maximum absolute atomic E-state index is 13.4. The number of hydrogen-bond donors (Lipinski definition) is 1. The van der Waals surface area contributed by atoms with E-state index in [0.717, 1.165) is 6.07 Å². The largest absolute Gasteiger partial charge is 0.504 e. The van der Waals surface area contributed by atoms with Gasteiger partial charge in [0.25, 0.3) is 0 Å². The lowest BCUT2D eigenvalue weighted by atomic mass is 10.1. The highest BCUT2D eigenvalue weighted by Gasteiger charge is 2.13. The summed E-state index contributed by atoms with van der Waals surface area (Å²) in [4.78, 5) is 11.3. The number of rotatable bonds is 5. The summed E-state index contributed by atoms with van der Waals surface area (Å²) < 4.78 is 23.1. The molecular weight excluding hydrogens is 227 g/mol. The van der Waals surface area contributed by atoms with E-state index in [9.17, 15) is 14.3 Å². The molecule has 0 spiro atoms. The van der Waals surface area contributed by atoms with Gasteiger partial charge in [-0.3, -0.25) is 4.79 Å². The number of benzene rings is 1. The number of halogens is 1. The number of aromatic hydroxyl groups is 1. The molecule has 0 amide bonds. The van der Waals surface area contributed by atoms with E-state index in [0.29, 0.717) is 13.0 Å². The monoisotopic (exact) mass is 242 g/mol. The van der Waals surface area contributed by atoms with Gasteiger partial charge < -0.3 is 14.6 Å². The zero-order valence-corrected chi connectivity index (χ0v) is 9.83. The minimum absolute atomic E-state index is 0.129. The Bertz CT molecular complexity index is 404. The Morgan fingerprint density at radius 2 is 2.18 bits per heavy atom. The molecule has 0 saturated carbocycles. The van der Waals surface area contributed by atoms with Crippen molar-refractivity contribution in [2.45, 2.75) is 19.8 Å². The SMILES string of the molecule is CCCOC(=O)Cc1cc(OC)c(O)cc1F. The van der Waals surface area contributed by atoms with Gasteiger partial charge in [-0.1, -0.05) is 6.92 Å². The van der Waals surface area contributed by atoms with Crippen LogP contribution in [0.4, 0.5) is 4.39 Å². The predicted molar refractivity (Wildman–Crippen MR) is 59.6 cm³/mol. The van der Waals surface area contributed by atoms with Crippen LogP contribution in [0.25, 0.3) is 0 Å². The molecule has 0 aliphatic heterocycles. The lowest BCUT2D eigenvalue weighted by Gasteiger charge is -2.08. The van der Waals surface area contributed by atoms with Gasteiger partial charge in [-0.15, -0.1) is 0 Å². The lowest BCUT2D eigenvalue weighted by Crippen LogP contribution is -2.10.